The van der Waals surface area contributed by atoms with Crippen LogP contribution in [0.2, 0.25) is 0 Å². The van der Waals surface area contributed by atoms with Crippen LogP contribution in [0, 0.1) is 17.7 Å². The molecule has 0 unspecified atom stereocenters. The van der Waals surface area contributed by atoms with Crippen molar-refractivity contribution in [1.82, 2.24) is 0 Å². The van der Waals surface area contributed by atoms with Gasteiger partial charge in [0.15, 0.2) is 0 Å². The number of rotatable bonds is 1. The van der Waals surface area contributed by atoms with E-state index in [0.717, 1.165) is 11.1 Å². The largest absolute Gasteiger partial charge is 0.378 e. The predicted molar refractivity (Wildman–Crippen MR) is 75.0 cm³/mol. The first kappa shape index (κ1) is 13.3. The fraction of sp³-hybridized carbons (Fsp3) is 0.176. The Kier molecular flexibility index (Phi) is 3.69. The van der Waals surface area contributed by atoms with Gasteiger partial charge >= 0.3 is 0 Å². The van der Waals surface area contributed by atoms with Gasteiger partial charge in [0.1, 0.15) is 11.4 Å². The molecule has 0 aliphatic carbocycles. The normalized spacial score (nSPS) is 10.7. The molecular formula is C17H15FO. The Hall–Kier alpha value is -2.11. The van der Waals surface area contributed by atoms with Crippen LogP contribution in [0.15, 0.2) is 48.5 Å². The van der Waals surface area contributed by atoms with Gasteiger partial charge in [-0.25, -0.2) is 4.39 Å². The fourth-order valence-electron chi connectivity index (χ4n) is 1.65. The predicted octanol–water partition coefficient (Wildman–Crippen LogP) is 3.62. The third-order valence-corrected chi connectivity index (χ3v) is 2.58. The van der Waals surface area contributed by atoms with Crippen LogP contribution >= 0.6 is 0 Å². The van der Waals surface area contributed by atoms with Crippen molar-refractivity contribution in [1.29, 1.82) is 0 Å². The third kappa shape index (κ3) is 3.67. The quantitative estimate of drug-likeness (QED) is 0.771. The summed E-state index contributed by atoms with van der Waals surface area (Å²) in [6.07, 6.45) is 0. The second-order valence-electron chi connectivity index (χ2n) is 4.87. The standard InChI is InChI=1S/C17H15FO/c1-17(2,19)12-11-13-7-9-14(10-8-13)15-5-3-4-6-16(15)18/h3-10,19H,1-2H3. The molecule has 96 valence electrons. The van der Waals surface area contributed by atoms with E-state index < -0.39 is 5.60 Å². The summed E-state index contributed by atoms with van der Waals surface area (Å²) in [6.45, 7) is 3.27. The molecule has 0 bridgehead atoms. The number of hydrogen-bond donors (Lipinski definition) is 1. The van der Waals surface area contributed by atoms with Gasteiger partial charge in [-0.15, -0.1) is 0 Å². The van der Waals surface area contributed by atoms with E-state index in [1.54, 1.807) is 32.0 Å². The van der Waals surface area contributed by atoms with Crippen LogP contribution in [0.25, 0.3) is 11.1 Å². The summed E-state index contributed by atoms with van der Waals surface area (Å²) in [6, 6.07) is 14.0. The molecule has 0 saturated heterocycles. The van der Waals surface area contributed by atoms with Crippen molar-refractivity contribution >= 4 is 0 Å². The van der Waals surface area contributed by atoms with Crippen LogP contribution in [0.5, 0.6) is 0 Å². The van der Waals surface area contributed by atoms with Gasteiger partial charge in [0.05, 0.1) is 0 Å². The molecule has 0 aliphatic rings. The summed E-state index contributed by atoms with van der Waals surface area (Å²) in [7, 11) is 0. The molecule has 0 saturated carbocycles. The van der Waals surface area contributed by atoms with Gasteiger partial charge in [-0.3, -0.25) is 0 Å². The van der Waals surface area contributed by atoms with Gasteiger partial charge < -0.3 is 5.11 Å². The summed E-state index contributed by atoms with van der Waals surface area (Å²) >= 11 is 0. The van der Waals surface area contributed by atoms with Crippen molar-refractivity contribution in [2.75, 3.05) is 0 Å². The maximum absolute atomic E-state index is 13.6. The first-order valence-electron chi connectivity index (χ1n) is 6.06. The monoisotopic (exact) mass is 254 g/mol. The number of aliphatic hydroxyl groups is 1. The Labute approximate surface area is 112 Å². The molecule has 2 rings (SSSR count). The Morgan fingerprint density at radius 2 is 1.63 bits per heavy atom. The van der Waals surface area contributed by atoms with Crippen LogP contribution in [0.4, 0.5) is 4.39 Å². The molecule has 0 fully saturated rings. The van der Waals surface area contributed by atoms with Crippen LogP contribution in [0.3, 0.4) is 0 Å². The van der Waals surface area contributed by atoms with E-state index in [1.165, 1.54) is 6.07 Å². The molecule has 2 aromatic carbocycles. The molecule has 1 nitrogen and oxygen atoms in total. The van der Waals surface area contributed by atoms with Crippen molar-refractivity contribution in [3.8, 4) is 23.0 Å². The first-order chi connectivity index (χ1) is 8.96. The van der Waals surface area contributed by atoms with Crippen molar-refractivity contribution in [3.05, 3.63) is 59.9 Å². The molecule has 0 aliphatic heterocycles. The zero-order valence-electron chi connectivity index (χ0n) is 10.9. The summed E-state index contributed by atoms with van der Waals surface area (Å²) in [5, 5.41) is 9.52. The fourth-order valence-corrected chi connectivity index (χ4v) is 1.65. The van der Waals surface area contributed by atoms with Crippen molar-refractivity contribution in [3.63, 3.8) is 0 Å². The molecule has 19 heavy (non-hydrogen) atoms. The van der Waals surface area contributed by atoms with Gasteiger partial charge in [-0.05, 0) is 37.6 Å². The molecule has 0 amide bonds. The van der Waals surface area contributed by atoms with Crippen molar-refractivity contribution in [2.45, 2.75) is 19.4 Å². The maximum Gasteiger partial charge on any atom is 0.131 e. The third-order valence-electron chi connectivity index (χ3n) is 2.58. The average Bonchev–Trinajstić information content (AvgIpc) is 2.37. The van der Waals surface area contributed by atoms with E-state index in [-0.39, 0.29) is 5.82 Å². The highest BCUT2D eigenvalue weighted by molar-refractivity contribution is 5.64. The van der Waals surface area contributed by atoms with Gasteiger partial charge in [-0.2, -0.15) is 0 Å². The summed E-state index contributed by atoms with van der Waals surface area (Å²) in [5.41, 5.74) is 1.17. The lowest BCUT2D eigenvalue weighted by Crippen LogP contribution is -2.14. The van der Waals surface area contributed by atoms with Crippen LogP contribution < -0.4 is 0 Å². The molecule has 2 heteroatoms. The number of benzene rings is 2. The minimum atomic E-state index is -1.01. The molecule has 0 heterocycles. The highest BCUT2D eigenvalue weighted by Gasteiger charge is 2.06. The lowest BCUT2D eigenvalue weighted by Gasteiger charge is -2.06. The van der Waals surface area contributed by atoms with E-state index in [1.807, 2.05) is 24.3 Å². The molecule has 0 atom stereocenters. The van der Waals surface area contributed by atoms with Gasteiger partial charge in [0, 0.05) is 11.1 Å². The van der Waals surface area contributed by atoms with Gasteiger partial charge in [0.25, 0.3) is 0 Å². The van der Waals surface area contributed by atoms with E-state index in [4.69, 9.17) is 0 Å². The van der Waals surface area contributed by atoms with Crippen LogP contribution in [-0.2, 0) is 0 Å². The second-order valence-corrected chi connectivity index (χ2v) is 4.87. The smallest absolute Gasteiger partial charge is 0.131 e. The molecule has 0 spiro atoms. The lowest BCUT2D eigenvalue weighted by molar-refractivity contribution is 0.143. The van der Waals surface area contributed by atoms with Crippen molar-refractivity contribution in [2.24, 2.45) is 0 Å². The molecule has 0 aromatic heterocycles. The molecule has 1 N–H and O–H groups in total. The average molecular weight is 254 g/mol. The van der Waals surface area contributed by atoms with Crippen LogP contribution in [-0.4, -0.2) is 10.7 Å². The van der Waals surface area contributed by atoms with Crippen molar-refractivity contribution < 1.29 is 9.50 Å². The molecule has 0 radical (unpaired) electrons. The highest BCUT2D eigenvalue weighted by atomic mass is 19.1. The molecular weight excluding hydrogens is 239 g/mol. The summed E-state index contributed by atoms with van der Waals surface area (Å²) < 4.78 is 13.6. The Morgan fingerprint density at radius 3 is 2.21 bits per heavy atom. The summed E-state index contributed by atoms with van der Waals surface area (Å²) in [4.78, 5) is 0. The zero-order valence-corrected chi connectivity index (χ0v) is 10.9. The zero-order chi connectivity index (χ0) is 13.9. The van der Waals surface area contributed by atoms with E-state index in [0.29, 0.717) is 5.56 Å². The van der Waals surface area contributed by atoms with Gasteiger partial charge in [0.2, 0.25) is 0 Å². The molecule has 2 aromatic rings. The van der Waals surface area contributed by atoms with E-state index in [2.05, 4.69) is 11.8 Å². The SMILES string of the molecule is CC(C)(O)C#Cc1ccc(-c2ccccc2F)cc1. The summed E-state index contributed by atoms with van der Waals surface area (Å²) in [5.74, 6) is 5.39. The lowest BCUT2D eigenvalue weighted by atomic mass is 10.0. The number of halogens is 1. The van der Waals surface area contributed by atoms with Crippen LogP contribution in [0.1, 0.15) is 19.4 Å². The van der Waals surface area contributed by atoms with Gasteiger partial charge in [-0.1, -0.05) is 42.2 Å². The van der Waals surface area contributed by atoms with E-state index in [9.17, 15) is 9.50 Å². The second kappa shape index (κ2) is 5.26. The first-order valence-corrected chi connectivity index (χ1v) is 6.06. The minimum Gasteiger partial charge on any atom is -0.378 e. The Morgan fingerprint density at radius 1 is 1.00 bits per heavy atom. The topological polar surface area (TPSA) is 20.2 Å². The maximum atomic E-state index is 13.6. The minimum absolute atomic E-state index is 0.238. The number of hydrogen-bond acceptors (Lipinski definition) is 1. The highest BCUT2D eigenvalue weighted by Crippen LogP contribution is 2.22. The van der Waals surface area contributed by atoms with E-state index >= 15 is 0 Å². The Bertz CT molecular complexity index is 625. The Balaban J connectivity index is 2.29.